The number of hydrogen-bond donors (Lipinski definition) is 0. The van der Waals surface area contributed by atoms with Gasteiger partial charge in [0.05, 0.1) is 0 Å². The topological polar surface area (TPSA) is 0 Å². The van der Waals surface area contributed by atoms with Gasteiger partial charge in [-0.1, -0.05) is 0 Å². The van der Waals surface area contributed by atoms with Crippen molar-refractivity contribution in [1.29, 1.82) is 0 Å². The number of allylic oxidation sites excluding steroid dienone is 2. The molecule has 6 aromatic rings. The molecule has 8 rings (SSSR count). The Hall–Kier alpha value is -3.52. The second kappa shape index (κ2) is 13.9. The Morgan fingerprint density at radius 3 is 1.19 bits per heavy atom. The zero-order chi connectivity index (χ0) is 38.1. The number of aryl methyl sites for hydroxylation is 2. The van der Waals surface area contributed by atoms with Crippen molar-refractivity contribution in [2.45, 2.75) is 61.9 Å². The molecule has 0 nitrogen and oxygen atoms in total. The van der Waals surface area contributed by atoms with Crippen LogP contribution in [0.4, 0.5) is 0 Å². The monoisotopic (exact) mass is 837 g/mol. The van der Waals surface area contributed by atoms with Gasteiger partial charge in [-0.25, -0.2) is 0 Å². The molecule has 4 heteroatoms. The normalized spacial score (nSPS) is 17.1. The summed E-state index contributed by atoms with van der Waals surface area (Å²) in [6, 6.07) is 44.8. The molecule has 2 aliphatic carbocycles. The maximum absolute atomic E-state index is 8.99. The van der Waals surface area contributed by atoms with Gasteiger partial charge < -0.3 is 0 Å². The van der Waals surface area contributed by atoms with Gasteiger partial charge in [0.25, 0.3) is 0 Å². The Bertz CT molecular complexity index is 2360. The third kappa shape index (κ3) is 5.70. The second-order valence-corrected chi connectivity index (χ2v) is 58.7. The van der Waals surface area contributed by atoms with Gasteiger partial charge in [-0.05, 0) is 0 Å². The van der Waals surface area contributed by atoms with E-state index in [1.807, 2.05) is 0 Å². The number of rotatable bonds is 7. The Morgan fingerprint density at radius 2 is 0.815 bits per heavy atom. The summed E-state index contributed by atoms with van der Waals surface area (Å²) in [6.07, 6.45) is 4.93. The minimum absolute atomic E-state index is 0.0827. The molecule has 0 saturated carbocycles. The molecule has 0 aliphatic heterocycles. The Labute approximate surface area is 331 Å². The molecule has 0 fully saturated rings. The van der Waals surface area contributed by atoms with E-state index >= 15 is 0 Å². The molecular weight excluding hydrogens is 791 g/mol. The van der Waals surface area contributed by atoms with Crippen LogP contribution >= 0.6 is 17.0 Å². The van der Waals surface area contributed by atoms with Crippen LogP contribution in [0.3, 0.4) is 0 Å². The first-order valence-corrected chi connectivity index (χ1v) is 35.7. The van der Waals surface area contributed by atoms with Crippen LogP contribution in [0.15, 0.2) is 121 Å². The summed E-state index contributed by atoms with van der Waals surface area (Å²) in [7, 11) is 18.0. The molecule has 0 radical (unpaired) electrons. The first kappa shape index (κ1) is 37.4. The summed E-state index contributed by atoms with van der Waals surface area (Å²) < 4.78 is -0.165. The summed E-state index contributed by atoms with van der Waals surface area (Å²) in [5, 5.41) is 0. The quantitative estimate of drug-likeness (QED) is 0.141. The maximum atomic E-state index is 8.99. The van der Waals surface area contributed by atoms with Gasteiger partial charge in [-0.3, -0.25) is 0 Å². The number of halogens is 2. The summed E-state index contributed by atoms with van der Waals surface area (Å²) in [6.45, 7) is 18.3. The van der Waals surface area contributed by atoms with Crippen LogP contribution in [-0.4, -0.2) is 5.92 Å². The molecule has 0 spiro atoms. The van der Waals surface area contributed by atoms with Gasteiger partial charge >= 0.3 is 334 Å². The molecular formula is C50H49Cl2SiZr. The molecule has 0 aromatic heterocycles. The Morgan fingerprint density at radius 1 is 0.426 bits per heavy atom. The van der Waals surface area contributed by atoms with Gasteiger partial charge in [0.2, 0.25) is 0 Å². The Kier molecular flexibility index (Phi) is 9.63. The van der Waals surface area contributed by atoms with E-state index in [-0.39, 0.29) is 7.25 Å². The van der Waals surface area contributed by atoms with Crippen molar-refractivity contribution >= 4 is 46.2 Å². The molecule has 0 N–H and O–H groups in total. The van der Waals surface area contributed by atoms with Crippen molar-refractivity contribution in [1.82, 2.24) is 0 Å². The predicted molar refractivity (Wildman–Crippen MR) is 237 cm³/mol. The zero-order valence-electron chi connectivity index (χ0n) is 32.7. The molecule has 0 bridgehead atoms. The third-order valence-corrected chi connectivity index (χ3v) is 64.8. The van der Waals surface area contributed by atoms with Crippen molar-refractivity contribution in [3.05, 3.63) is 188 Å². The zero-order valence-corrected chi connectivity index (χ0v) is 37.8. The fourth-order valence-electron chi connectivity index (χ4n) is 9.55. The molecule has 2 unspecified atom stereocenters. The second-order valence-electron chi connectivity index (χ2n) is 16.2. The van der Waals surface area contributed by atoms with E-state index in [9.17, 15) is 0 Å². The Balaban J connectivity index is 1.44. The first-order chi connectivity index (χ1) is 25.8. The SMILES string of the molecule is Cc1ccc(-c2cccc3c2C=C(c2ccccc2)[CH]3[Zr]([Cl])([Cl])([CH]2C(c3ccccc3)=Cc3c(-c4ccc(C)c(C)c4C)cccc32)[SiH](C)C)c(C)c1C. The fourth-order valence-corrected chi connectivity index (χ4v) is 39.7. The molecule has 0 saturated heterocycles. The number of hydrogen-bond acceptors (Lipinski definition) is 0. The van der Waals surface area contributed by atoms with Crippen molar-refractivity contribution in [3.63, 3.8) is 0 Å². The molecule has 0 amide bonds. The standard InChI is InChI=1S/2C24H21.C2H7Si.2ClH.Zr/c2*1-16-12-13-22(18(3)17(16)2)23-11-7-10-20-14-21(15-24(20)23)19-8-5-4-6-9-19;1-3-2;;;/h2*4-15H,1-3H3;3H,1-2H3;2*1H;/q;;;;;+2/p-2. The van der Waals surface area contributed by atoms with Crippen LogP contribution in [0.5, 0.6) is 0 Å². The van der Waals surface area contributed by atoms with Crippen molar-refractivity contribution in [2.24, 2.45) is 0 Å². The molecule has 2 aliphatic rings. The van der Waals surface area contributed by atoms with E-state index in [1.165, 1.54) is 100 Å². The van der Waals surface area contributed by atoms with E-state index in [0.29, 0.717) is 0 Å². The fraction of sp³-hybridized carbons (Fsp3) is 0.200. The summed E-state index contributed by atoms with van der Waals surface area (Å²) in [5.74, 6) is -1.83. The van der Waals surface area contributed by atoms with Crippen LogP contribution in [-0.2, 0) is 15.6 Å². The average molecular weight is 840 g/mol. The van der Waals surface area contributed by atoms with Crippen LogP contribution < -0.4 is 0 Å². The van der Waals surface area contributed by atoms with E-state index in [2.05, 4.69) is 188 Å². The summed E-state index contributed by atoms with van der Waals surface area (Å²) in [5.41, 5.74) is 23.2. The van der Waals surface area contributed by atoms with Crippen LogP contribution in [0.25, 0.3) is 45.6 Å². The number of fused-ring (bicyclic) bond motifs is 2. The van der Waals surface area contributed by atoms with Crippen LogP contribution in [0, 0.1) is 41.5 Å². The third-order valence-electron chi connectivity index (χ3n) is 13.2. The van der Waals surface area contributed by atoms with Gasteiger partial charge in [0.15, 0.2) is 0 Å². The van der Waals surface area contributed by atoms with Crippen LogP contribution in [0.2, 0.25) is 13.1 Å². The van der Waals surface area contributed by atoms with E-state index in [0.717, 1.165) is 0 Å². The van der Waals surface area contributed by atoms with E-state index in [1.54, 1.807) is 0 Å². The first-order valence-electron chi connectivity index (χ1n) is 19.3. The van der Waals surface area contributed by atoms with Gasteiger partial charge in [-0.15, -0.1) is 0 Å². The van der Waals surface area contributed by atoms with Crippen molar-refractivity contribution in [3.8, 4) is 22.3 Å². The summed E-state index contributed by atoms with van der Waals surface area (Å²) >= 11 is -5.20. The minimum atomic E-state index is -5.20. The van der Waals surface area contributed by atoms with Crippen molar-refractivity contribution < 1.29 is 15.6 Å². The molecule has 6 aromatic carbocycles. The van der Waals surface area contributed by atoms with Crippen LogP contribution in [0.1, 0.15) is 74.0 Å². The van der Waals surface area contributed by atoms with E-state index in [4.69, 9.17) is 17.0 Å². The van der Waals surface area contributed by atoms with Gasteiger partial charge in [0, 0.05) is 0 Å². The molecule has 54 heavy (non-hydrogen) atoms. The van der Waals surface area contributed by atoms with Gasteiger partial charge in [-0.2, -0.15) is 0 Å². The molecule has 271 valence electrons. The summed E-state index contributed by atoms with van der Waals surface area (Å²) in [4.78, 5) is 0. The molecule has 0 heterocycles. The van der Waals surface area contributed by atoms with E-state index < -0.39 is 21.5 Å². The van der Waals surface area contributed by atoms with Crippen molar-refractivity contribution in [2.75, 3.05) is 0 Å². The number of benzene rings is 6. The average Bonchev–Trinajstić information content (AvgIpc) is 3.79. The van der Waals surface area contributed by atoms with Gasteiger partial charge in [0.1, 0.15) is 0 Å². The predicted octanol–water partition coefficient (Wildman–Crippen LogP) is 14.7. The molecule has 2 atom stereocenters.